The first-order valence-corrected chi connectivity index (χ1v) is 10.3. The van der Waals surface area contributed by atoms with Gasteiger partial charge >= 0.3 is 0 Å². The van der Waals surface area contributed by atoms with Gasteiger partial charge in [-0.25, -0.2) is 4.98 Å². The van der Waals surface area contributed by atoms with Gasteiger partial charge in [0.05, 0.1) is 12.7 Å². The van der Waals surface area contributed by atoms with Gasteiger partial charge in [0.1, 0.15) is 0 Å². The van der Waals surface area contributed by atoms with Crippen LogP contribution < -0.4 is 4.90 Å². The minimum atomic E-state index is 0.347. The summed E-state index contributed by atoms with van der Waals surface area (Å²) >= 11 is 1.87. The summed E-state index contributed by atoms with van der Waals surface area (Å²) in [5.41, 5.74) is 1.40. The number of rotatable bonds is 6. The van der Waals surface area contributed by atoms with E-state index < -0.39 is 0 Å². The summed E-state index contributed by atoms with van der Waals surface area (Å²) in [5.74, 6) is 0. The molecule has 25 heavy (non-hydrogen) atoms. The molecule has 1 atom stereocenters. The third-order valence-corrected chi connectivity index (χ3v) is 6.16. The minimum absolute atomic E-state index is 0.347. The van der Waals surface area contributed by atoms with Gasteiger partial charge in [-0.3, -0.25) is 4.90 Å². The first-order chi connectivity index (χ1) is 12.4. The molecule has 2 fully saturated rings. The van der Waals surface area contributed by atoms with Crippen molar-refractivity contribution < 1.29 is 4.74 Å². The van der Waals surface area contributed by atoms with Gasteiger partial charge in [-0.1, -0.05) is 30.3 Å². The summed E-state index contributed by atoms with van der Waals surface area (Å²) in [5, 5.41) is 1.21. The van der Waals surface area contributed by atoms with E-state index in [0.29, 0.717) is 6.10 Å². The molecule has 0 N–H and O–H groups in total. The lowest BCUT2D eigenvalue weighted by atomic mass is 10.1. The number of hydrogen-bond donors (Lipinski definition) is 0. The van der Waals surface area contributed by atoms with Gasteiger partial charge in [0.25, 0.3) is 0 Å². The lowest BCUT2D eigenvalue weighted by Crippen LogP contribution is -2.41. The Morgan fingerprint density at radius 3 is 2.80 bits per heavy atom. The number of aromatic nitrogens is 1. The number of nitrogens with zero attached hydrogens (tertiary/aromatic N) is 3. The number of morpholine rings is 1. The van der Waals surface area contributed by atoms with Crippen LogP contribution in [0.5, 0.6) is 0 Å². The summed E-state index contributed by atoms with van der Waals surface area (Å²) in [6.45, 7) is 6.26. The van der Waals surface area contributed by atoms with Crippen molar-refractivity contribution in [2.75, 3.05) is 37.7 Å². The number of hydrogen-bond acceptors (Lipinski definition) is 5. The second-order valence-electron chi connectivity index (χ2n) is 7.06. The highest BCUT2D eigenvalue weighted by molar-refractivity contribution is 7.15. The fraction of sp³-hybridized carbons (Fsp3) is 0.550. The van der Waals surface area contributed by atoms with Crippen molar-refractivity contribution in [1.82, 2.24) is 9.88 Å². The molecule has 3 heterocycles. The zero-order valence-electron chi connectivity index (χ0n) is 14.8. The molecule has 0 saturated carbocycles. The Morgan fingerprint density at radius 2 is 1.96 bits per heavy atom. The lowest BCUT2D eigenvalue weighted by molar-refractivity contribution is -0.0342. The molecule has 5 heteroatoms. The van der Waals surface area contributed by atoms with Gasteiger partial charge in [0, 0.05) is 43.8 Å². The fourth-order valence-corrected chi connectivity index (χ4v) is 4.72. The third kappa shape index (κ3) is 4.60. The van der Waals surface area contributed by atoms with Crippen molar-refractivity contribution in [3.63, 3.8) is 0 Å². The fourth-order valence-electron chi connectivity index (χ4n) is 3.72. The Balaban J connectivity index is 1.28. The van der Waals surface area contributed by atoms with Crippen LogP contribution in [0.25, 0.3) is 0 Å². The molecule has 0 spiro atoms. The smallest absolute Gasteiger partial charge is 0.185 e. The molecule has 0 unspecified atom stereocenters. The van der Waals surface area contributed by atoms with Crippen LogP contribution in [0.2, 0.25) is 0 Å². The van der Waals surface area contributed by atoms with Crippen LogP contribution in [0.1, 0.15) is 29.7 Å². The summed E-state index contributed by atoms with van der Waals surface area (Å²) in [7, 11) is 0. The van der Waals surface area contributed by atoms with E-state index in [0.717, 1.165) is 39.1 Å². The molecule has 134 valence electrons. The summed E-state index contributed by atoms with van der Waals surface area (Å²) < 4.78 is 5.99. The Morgan fingerprint density at radius 1 is 1.12 bits per heavy atom. The molecule has 4 nitrogen and oxygen atoms in total. The predicted molar refractivity (Wildman–Crippen MR) is 103 cm³/mol. The zero-order valence-corrected chi connectivity index (χ0v) is 15.6. The van der Waals surface area contributed by atoms with E-state index in [9.17, 15) is 0 Å². The Bertz CT molecular complexity index is 654. The number of benzene rings is 1. The van der Waals surface area contributed by atoms with Crippen LogP contribution in [-0.4, -0.2) is 48.8 Å². The zero-order chi connectivity index (χ0) is 16.9. The van der Waals surface area contributed by atoms with Gasteiger partial charge in [-0.2, -0.15) is 0 Å². The SMILES string of the molecule is c1ccc(CC[C@@H]2CN(Cc3cnc(N4CCCC4)s3)CCO2)cc1. The first kappa shape index (κ1) is 17.0. The van der Waals surface area contributed by atoms with Gasteiger partial charge in [-0.05, 0) is 31.2 Å². The molecule has 2 aromatic rings. The topological polar surface area (TPSA) is 28.6 Å². The van der Waals surface area contributed by atoms with E-state index in [2.05, 4.69) is 51.3 Å². The number of aryl methyl sites for hydroxylation is 1. The van der Waals surface area contributed by atoms with E-state index in [-0.39, 0.29) is 0 Å². The summed E-state index contributed by atoms with van der Waals surface area (Å²) in [6, 6.07) is 10.7. The van der Waals surface area contributed by atoms with Crippen molar-refractivity contribution in [2.24, 2.45) is 0 Å². The third-order valence-electron chi connectivity index (χ3n) is 5.12. The van der Waals surface area contributed by atoms with Crippen LogP contribution in [0, 0.1) is 0 Å². The van der Waals surface area contributed by atoms with Crippen molar-refractivity contribution >= 4 is 16.5 Å². The van der Waals surface area contributed by atoms with E-state index in [1.807, 2.05) is 11.3 Å². The normalized spacial score (nSPS) is 21.8. The van der Waals surface area contributed by atoms with Crippen molar-refractivity contribution in [3.05, 3.63) is 47.0 Å². The molecule has 4 rings (SSSR count). The maximum atomic E-state index is 5.99. The maximum Gasteiger partial charge on any atom is 0.185 e. The predicted octanol–water partition coefficient (Wildman–Crippen LogP) is 3.58. The average molecular weight is 358 g/mol. The molecule has 1 aromatic carbocycles. The highest BCUT2D eigenvalue weighted by atomic mass is 32.1. The number of anilines is 1. The molecule has 0 bridgehead atoms. The minimum Gasteiger partial charge on any atom is -0.376 e. The second-order valence-corrected chi connectivity index (χ2v) is 8.15. The average Bonchev–Trinajstić information content (AvgIpc) is 3.33. The largest absolute Gasteiger partial charge is 0.376 e. The Hall–Kier alpha value is -1.43. The Labute approximate surface area is 154 Å². The standard InChI is InChI=1S/C20H27N3OS/c1-2-6-17(7-3-1)8-9-18-15-22(12-13-24-18)16-19-14-21-20(25-19)23-10-4-5-11-23/h1-3,6-7,14,18H,4-5,8-13,15-16H2/t18-/m1/s1. The first-order valence-electron chi connectivity index (χ1n) is 9.44. The van der Waals surface area contributed by atoms with E-state index in [1.165, 1.54) is 41.5 Å². The molecular formula is C20H27N3OS. The number of ether oxygens (including phenoxy) is 1. The van der Waals surface area contributed by atoms with E-state index in [1.54, 1.807) is 0 Å². The van der Waals surface area contributed by atoms with Crippen molar-refractivity contribution in [3.8, 4) is 0 Å². The van der Waals surface area contributed by atoms with Gasteiger partial charge < -0.3 is 9.64 Å². The van der Waals surface area contributed by atoms with Gasteiger partial charge in [0.2, 0.25) is 0 Å². The monoisotopic (exact) mass is 357 g/mol. The molecule has 0 radical (unpaired) electrons. The summed E-state index contributed by atoms with van der Waals surface area (Å²) in [4.78, 5) is 11.0. The van der Waals surface area contributed by atoms with Gasteiger partial charge in [-0.15, -0.1) is 11.3 Å². The highest BCUT2D eigenvalue weighted by Crippen LogP contribution is 2.27. The van der Waals surface area contributed by atoms with Crippen LogP contribution in [0.3, 0.4) is 0 Å². The maximum absolute atomic E-state index is 5.99. The van der Waals surface area contributed by atoms with E-state index >= 15 is 0 Å². The highest BCUT2D eigenvalue weighted by Gasteiger charge is 2.22. The lowest BCUT2D eigenvalue weighted by Gasteiger charge is -2.32. The van der Waals surface area contributed by atoms with E-state index in [4.69, 9.17) is 4.74 Å². The van der Waals surface area contributed by atoms with Crippen LogP contribution in [0.15, 0.2) is 36.5 Å². The van der Waals surface area contributed by atoms with Gasteiger partial charge in [0.15, 0.2) is 5.13 Å². The van der Waals surface area contributed by atoms with Crippen LogP contribution in [0.4, 0.5) is 5.13 Å². The summed E-state index contributed by atoms with van der Waals surface area (Å²) in [6.07, 6.45) is 7.23. The molecule has 0 amide bonds. The molecular weight excluding hydrogens is 330 g/mol. The molecule has 0 aliphatic carbocycles. The van der Waals surface area contributed by atoms with Crippen LogP contribution in [-0.2, 0) is 17.7 Å². The number of thiazole rings is 1. The molecule has 2 aliphatic rings. The van der Waals surface area contributed by atoms with Crippen LogP contribution >= 0.6 is 11.3 Å². The molecule has 2 aliphatic heterocycles. The molecule has 1 aromatic heterocycles. The van der Waals surface area contributed by atoms with Crippen molar-refractivity contribution in [1.29, 1.82) is 0 Å². The quantitative estimate of drug-likeness (QED) is 0.790. The molecule has 2 saturated heterocycles. The van der Waals surface area contributed by atoms with Crippen molar-refractivity contribution in [2.45, 2.75) is 38.3 Å². The second kappa shape index (κ2) is 8.30. The Kier molecular flexibility index (Phi) is 5.65.